The van der Waals surface area contributed by atoms with Crippen molar-refractivity contribution in [3.8, 4) is 0 Å². The molecule has 0 fully saturated rings. The topological polar surface area (TPSA) is 109 Å². The van der Waals surface area contributed by atoms with E-state index in [1.165, 1.54) is 4.57 Å². The first kappa shape index (κ1) is 25.1. The molecule has 0 saturated carbocycles. The van der Waals surface area contributed by atoms with Crippen LogP contribution >= 0.6 is 24.8 Å². The van der Waals surface area contributed by atoms with Crippen molar-refractivity contribution >= 4 is 41.8 Å². The van der Waals surface area contributed by atoms with Crippen LogP contribution in [0.3, 0.4) is 0 Å². The highest BCUT2D eigenvalue weighted by molar-refractivity contribution is 6.05. The Morgan fingerprint density at radius 1 is 1.26 bits per heavy atom. The molecule has 0 bridgehead atoms. The SMILES string of the molecule is CCn1c(=O)[nH]c(=O)c2c(C(=O)NCCCNC)cc(C(C)C)nc21.Cl.Cl. The molecule has 152 valence electrons. The summed E-state index contributed by atoms with van der Waals surface area (Å²) >= 11 is 0. The van der Waals surface area contributed by atoms with Gasteiger partial charge in [-0.2, -0.15) is 0 Å². The average molecular weight is 420 g/mol. The van der Waals surface area contributed by atoms with Crippen molar-refractivity contribution in [3.63, 3.8) is 0 Å². The molecular formula is C17H27Cl2N5O3. The monoisotopic (exact) mass is 419 g/mol. The first-order chi connectivity index (χ1) is 11.9. The molecular weight excluding hydrogens is 393 g/mol. The van der Waals surface area contributed by atoms with E-state index in [4.69, 9.17) is 0 Å². The van der Waals surface area contributed by atoms with E-state index in [1.54, 1.807) is 13.0 Å². The lowest BCUT2D eigenvalue weighted by atomic mass is 10.0. The number of H-pyrrole nitrogens is 1. The molecule has 2 aromatic rings. The summed E-state index contributed by atoms with van der Waals surface area (Å²) in [6, 6.07) is 1.64. The Hall–Kier alpha value is -1.90. The zero-order chi connectivity index (χ0) is 18.6. The lowest BCUT2D eigenvalue weighted by molar-refractivity contribution is 0.0954. The number of hydrogen-bond acceptors (Lipinski definition) is 5. The Bertz CT molecular complexity index is 892. The minimum atomic E-state index is -0.590. The van der Waals surface area contributed by atoms with Crippen LogP contribution in [-0.4, -0.2) is 40.6 Å². The lowest BCUT2D eigenvalue weighted by Crippen LogP contribution is -2.33. The van der Waals surface area contributed by atoms with Gasteiger partial charge in [0.05, 0.1) is 10.9 Å². The second-order valence-electron chi connectivity index (χ2n) is 6.16. The number of aromatic amines is 1. The number of hydrogen-bond donors (Lipinski definition) is 3. The van der Waals surface area contributed by atoms with Gasteiger partial charge in [0.1, 0.15) is 0 Å². The number of amides is 1. The summed E-state index contributed by atoms with van der Waals surface area (Å²) in [6.45, 7) is 7.31. The number of aryl methyl sites for hydroxylation is 1. The van der Waals surface area contributed by atoms with Crippen molar-refractivity contribution in [3.05, 3.63) is 38.2 Å². The number of fused-ring (bicyclic) bond motifs is 1. The number of carbonyl (C=O) groups excluding carboxylic acids is 1. The predicted octanol–water partition coefficient (Wildman–Crippen LogP) is 1.41. The Morgan fingerprint density at radius 3 is 2.48 bits per heavy atom. The highest BCUT2D eigenvalue weighted by atomic mass is 35.5. The molecule has 3 N–H and O–H groups in total. The van der Waals surface area contributed by atoms with E-state index in [-0.39, 0.29) is 53.2 Å². The summed E-state index contributed by atoms with van der Waals surface area (Å²) in [7, 11) is 1.84. The average Bonchev–Trinajstić information content (AvgIpc) is 2.57. The van der Waals surface area contributed by atoms with Crippen molar-refractivity contribution in [2.45, 2.75) is 39.7 Å². The molecule has 0 atom stereocenters. The first-order valence-corrected chi connectivity index (χ1v) is 8.51. The van der Waals surface area contributed by atoms with Crippen LogP contribution in [-0.2, 0) is 6.54 Å². The maximum Gasteiger partial charge on any atom is 0.329 e. The molecule has 0 unspecified atom stereocenters. The number of halogens is 2. The van der Waals surface area contributed by atoms with Crippen molar-refractivity contribution < 1.29 is 4.79 Å². The Morgan fingerprint density at radius 2 is 1.93 bits per heavy atom. The zero-order valence-corrected chi connectivity index (χ0v) is 17.6. The Labute approximate surface area is 170 Å². The van der Waals surface area contributed by atoms with E-state index in [0.717, 1.165) is 13.0 Å². The van der Waals surface area contributed by atoms with Gasteiger partial charge in [-0.05, 0) is 38.9 Å². The summed E-state index contributed by atoms with van der Waals surface area (Å²) in [4.78, 5) is 43.8. The summed E-state index contributed by atoms with van der Waals surface area (Å²) in [5.41, 5.74) is 0.0613. The molecule has 2 rings (SSSR count). The van der Waals surface area contributed by atoms with E-state index in [2.05, 4.69) is 20.6 Å². The molecule has 2 aromatic heterocycles. The van der Waals surface area contributed by atoms with Crippen LogP contribution in [0.25, 0.3) is 11.0 Å². The van der Waals surface area contributed by atoms with Gasteiger partial charge in [-0.3, -0.25) is 19.1 Å². The third-order valence-electron chi connectivity index (χ3n) is 4.01. The number of aromatic nitrogens is 3. The molecule has 1 amide bonds. The van der Waals surface area contributed by atoms with E-state index in [1.807, 2.05) is 20.9 Å². The van der Waals surface area contributed by atoms with Gasteiger partial charge in [0, 0.05) is 18.8 Å². The minimum absolute atomic E-state index is 0. The molecule has 8 nitrogen and oxygen atoms in total. The van der Waals surface area contributed by atoms with Crippen LogP contribution in [0, 0.1) is 0 Å². The number of pyridine rings is 1. The fourth-order valence-electron chi connectivity index (χ4n) is 2.62. The second-order valence-corrected chi connectivity index (χ2v) is 6.16. The summed E-state index contributed by atoms with van der Waals surface area (Å²) in [5, 5.41) is 5.99. The van der Waals surface area contributed by atoms with E-state index in [9.17, 15) is 14.4 Å². The van der Waals surface area contributed by atoms with E-state index >= 15 is 0 Å². The molecule has 0 radical (unpaired) electrons. The lowest BCUT2D eigenvalue weighted by Gasteiger charge is -2.14. The highest BCUT2D eigenvalue weighted by Crippen LogP contribution is 2.19. The summed E-state index contributed by atoms with van der Waals surface area (Å²) < 4.78 is 1.38. The molecule has 0 saturated heterocycles. The smallest absolute Gasteiger partial charge is 0.329 e. The maximum absolute atomic E-state index is 12.6. The molecule has 0 aromatic carbocycles. The van der Waals surface area contributed by atoms with Gasteiger partial charge >= 0.3 is 5.69 Å². The summed E-state index contributed by atoms with van der Waals surface area (Å²) in [5.74, 6) is -0.280. The quantitative estimate of drug-likeness (QED) is 0.587. The van der Waals surface area contributed by atoms with Gasteiger partial charge in [-0.25, -0.2) is 9.78 Å². The number of nitrogens with zero attached hydrogens (tertiary/aromatic N) is 2. The number of nitrogens with one attached hydrogen (secondary N) is 3. The fourth-order valence-corrected chi connectivity index (χ4v) is 2.62. The third-order valence-corrected chi connectivity index (χ3v) is 4.01. The van der Waals surface area contributed by atoms with Gasteiger partial charge in [-0.15, -0.1) is 24.8 Å². The largest absolute Gasteiger partial charge is 0.352 e. The van der Waals surface area contributed by atoms with Gasteiger partial charge in [0.15, 0.2) is 5.65 Å². The van der Waals surface area contributed by atoms with Crippen molar-refractivity contribution in [1.29, 1.82) is 0 Å². The van der Waals surface area contributed by atoms with Gasteiger partial charge < -0.3 is 10.6 Å². The van der Waals surface area contributed by atoms with Crippen LogP contribution in [0.15, 0.2) is 15.7 Å². The van der Waals surface area contributed by atoms with E-state index < -0.39 is 11.2 Å². The second kappa shape index (κ2) is 11.1. The van der Waals surface area contributed by atoms with Crippen LogP contribution in [0.1, 0.15) is 49.2 Å². The fraction of sp³-hybridized carbons (Fsp3) is 0.529. The molecule has 27 heavy (non-hydrogen) atoms. The minimum Gasteiger partial charge on any atom is -0.352 e. The van der Waals surface area contributed by atoms with Crippen molar-refractivity contribution in [1.82, 2.24) is 25.2 Å². The van der Waals surface area contributed by atoms with Gasteiger partial charge in [0.25, 0.3) is 11.5 Å². The third kappa shape index (κ3) is 5.54. The highest BCUT2D eigenvalue weighted by Gasteiger charge is 2.19. The van der Waals surface area contributed by atoms with Gasteiger partial charge in [0.2, 0.25) is 0 Å². The predicted molar refractivity (Wildman–Crippen MR) is 112 cm³/mol. The zero-order valence-electron chi connectivity index (χ0n) is 15.9. The molecule has 0 aliphatic heterocycles. The number of rotatable bonds is 7. The van der Waals surface area contributed by atoms with E-state index in [0.29, 0.717) is 18.8 Å². The molecule has 0 aliphatic carbocycles. The summed E-state index contributed by atoms with van der Waals surface area (Å²) in [6.07, 6.45) is 0.776. The van der Waals surface area contributed by atoms with Crippen molar-refractivity contribution in [2.75, 3.05) is 20.1 Å². The van der Waals surface area contributed by atoms with Crippen molar-refractivity contribution in [2.24, 2.45) is 0 Å². The Balaban J connectivity index is 0.00000338. The Kier molecular flexibility index (Phi) is 10.3. The molecule has 10 heteroatoms. The van der Waals surface area contributed by atoms with Gasteiger partial charge in [-0.1, -0.05) is 13.8 Å². The standard InChI is InChI=1S/C17H25N5O3.2ClH/c1-5-22-14-13(16(24)21-17(22)25)11(9-12(20-14)10(2)3)15(23)19-8-6-7-18-4;;/h9-10,18H,5-8H2,1-4H3,(H,19,23)(H,21,24,25);2*1H. The molecule has 0 aliphatic rings. The first-order valence-electron chi connectivity index (χ1n) is 8.51. The molecule has 2 heterocycles. The van der Waals surface area contributed by atoms with Crippen LogP contribution < -0.4 is 21.9 Å². The van der Waals surface area contributed by atoms with Crippen LogP contribution in [0.4, 0.5) is 0 Å². The normalized spacial score (nSPS) is 10.4. The molecule has 0 spiro atoms. The maximum atomic E-state index is 12.6. The van der Waals surface area contributed by atoms with Crippen LogP contribution in [0.5, 0.6) is 0 Å². The van der Waals surface area contributed by atoms with Crippen LogP contribution in [0.2, 0.25) is 0 Å². The number of carbonyl (C=O) groups is 1.